The molecule has 1 saturated heterocycles. The number of likely N-dealkylation sites (tertiary alicyclic amines) is 1. The molecule has 0 saturated carbocycles. The van der Waals surface area contributed by atoms with Crippen LogP contribution in [0.15, 0.2) is 108 Å². The van der Waals surface area contributed by atoms with Gasteiger partial charge in [0.15, 0.2) is 0 Å². The van der Waals surface area contributed by atoms with Gasteiger partial charge in [-0.1, -0.05) is 72.8 Å². The van der Waals surface area contributed by atoms with E-state index in [1.54, 1.807) is 30.3 Å². The molecule has 1 fully saturated rings. The summed E-state index contributed by atoms with van der Waals surface area (Å²) in [5, 5.41) is 5.66. The third kappa shape index (κ3) is 7.81. The van der Waals surface area contributed by atoms with E-state index < -0.39 is 11.7 Å². The number of halogens is 3. The van der Waals surface area contributed by atoms with E-state index in [1.165, 1.54) is 12.2 Å². The Morgan fingerprint density at radius 3 is 2.28 bits per heavy atom. The molecular weight excluding hydrogens is 553 g/mol. The SMILES string of the molecule is Nc1ccccc1NC(=O)/C=C/c1ccc(C2CN(Cc3ccccc3)CC2C(=O)NC2=CC=C(C(F)(F)F)CC2)cc1. The zero-order chi connectivity index (χ0) is 30.4. The van der Waals surface area contributed by atoms with Crippen molar-refractivity contribution < 1.29 is 22.8 Å². The Bertz CT molecular complexity index is 1550. The lowest BCUT2D eigenvalue weighted by molar-refractivity contribution is -0.124. The van der Waals surface area contributed by atoms with E-state index in [9.17, 15) is 22.8 Å². The molecule has 1 aliphatic heterocycles. The van der Waals surface area contributed by atoms with Crippen LogP contribution in [0.25, 0.3) is 6.08 Å². The Kier molecular flexibility index (Phi) is 9.11. The van der Waals surface area contributed by atoms with E-state index in [2.05, 4.69) is 15.5 Å². The predicted octanol–water partition coefficient (Wildman–Crippen LogP) is 6.42. The molecule has 2 unspecified atom stereocenters. The molecule has 2 amide bonds. The lowest BCUT2D eigenvalue weighted by Crippen LogP contribution is -2.34. The van der Waals surface area contributed by atoms with Crippen LogP contribution in [-0.4, -0.2) is 36.0 Å². The quantitative estimate of drug-likeness (QED) is 0.210. The van der Waals surface area contributed by atoms with Gasteiger partial charge < -0.3 is 16.4 Å². The number of anilines is 2. The monoisotopic (exact) mass is 586 g/mol. The van der Waals surface area contributed by atoms with Crippen molar-refractivity contribution in [2.24, 2.45) is 5.92 Å². The minimum absolute atomic E-state index is 0.114. The van der Waals surface area contributed by atoms with Crippen molar-refractivity contribution in [1.29, 1.82) is 0 Å². The van der Waals surface area contributed by atoms with Crippen LogP contribution in [0.4, 0.5) is 24.5 Å². The predicted molar refractivity (Wildman–Crippen MR) is 163 cm³/mol. The minimum atomic E-state index is -4.36. The third-order valence-corrected chi connectivity index (χ3v) is 7.79. The largest absolute Gasteiger partial charge is 0.412 e. The van der Waals surface area contributed by atoms with Gasteiger partial charge in [0.25, 0.3) is 0 Å². The van der Waals surface area contributed by atoms with Crippen LogP contribution in [0.1, 0.15) is 35.4 Å². The number of rotatable bonds is 8. The van der Waals surface area contributed by atoms with Gasteiger partial charge in [0, 0.05) is 42.9 Å². The summed E-state index contributed by atoms with van der Waals surface area (Å²) >= 11 is 0. The van der Waals surface area contributed by atoms with Gasteiger partial charge >= 0.3 is 6.18 Å². The van der Waals surface area contributed by atoms with Gasteiger partial charge in [0.05, 0.1) is 17.3 Å². The number of hydrogen-bond donors (Lipinski definition) is 3. The summed E-state index contributed by atoms with van der Waals surface area (Å²) in [6.07, 6.45) is 1.17. The molecular formula is C34H33F3N4O2. The van der Waals surface area contributed by atoms with Gasteiger partial charge in [-0.3, -0.25) is 14.5 Å². The topological polar surface area (TPSA) is 87.5 Å². The van der Waals surface area contributed by atoms with Crippen LogP contribution < -0.4 is 16.4 Å². The highest BCUT2D eigenvalue weighted by molar-refractivity contribution is 6.03. The van der Waals surface area contributed by atoms with E-state index >= 15 is 0 Å². The van der Waals surface area contributed by atoms with Crippen molar-refractivity contribution in [3.8, 4) is 0 Å². The fourth-order valence-corrected chi connectivity index (χ4v) is 5.50. The van der Waals surface area contributed by atoms with Gasteiger partial charge in [-0.05, 0) is 53.8 Å². The number of amides is 2. The standard InChI is InChI=1S/C34H33F3N4O2/c35-34(36,37)26-15-17-27(18-16-26)39-33(43)29-22-41(20-24-6-2-1-3-7-24)21-28(29)25-13-10-23(11-14-25)12-19-32(42)40-31-9-5-4-8-30(31)38/h1-15,17,19,28-29H,16,18,20-22,38H2,(H,39,43)(H,40,42)/b19-12+. The van der Waals surface area contributed by atoms with Gasteiger partial charge in [0.1, 0.15) is 0 Å². The number of hydrogen-bond acceptors (Lipinski definition) is 4. The summed E-state index contributed by atoms with van der Waals surface area (Å²) in [6, 6.07) is 24.7. The van der Waals surface area contributed by atoms with Crippen molar-refractivity contribution in [3.63, 3.8) is 0 Å². The Labute approximate surface area is 248 Å². The summed E-state index contributed by atoms with van der Waals surface area (Å²) in [4.78, 5) is 28.1. The molecule has 6 nitrogen and oxygen atoms in total. The van der Waals surface area contributed by atoms with E-state index in [-0.39, 0.29) is 36.5 Å². The third-order valence-electron chi connectivity index (χ3n) is 7.79. The molecule has 1 heterocycles. The highest BCUT2D eigenvalue weighted by Gasteiger charge is 2.39. The molecule has 0 spiro atoms. The van der Waals surface area contributed by atoms with E-state index in [1.807, 2.05) is 54.6 Å². The zero-order valence-corrected chi connectivity index (χ0v) is 23.5. The molecule has 2 atom stereocenters. The van der Waals surface area contributed by atoms with E-state index in [4.69, 9.17) is 5.73 Å². The summed E-state index contributed by atoms with van der Waals surface area (Å²) in [5.41, 5.74) is 9.75. The number of nitrogens with zero attached hydrogens (tertiary/aromatic N) is 1. The fraction of sp³-hybridized carbons (Fsp3) is 0.235. The van der Waals surface area contributed by atoms with Crippen LogP contribution in [0.2, 0.25) is 0 Å². The highest BCUT2D eigenvalue weighted by atomic mass is 19.4. The maximum atomic E-state index is 13.5. The van der Waals surface area contributed by atoms with Crippen molar-refractivity contribution >= 4 is 29.3 Å². The molecule has 9 heteroatoms. The zero-order valence-electron chi connectivity index (χ0n) is 23.5. The van der Waals surface area contributed by atoms with Gasteiger partial charge in [0.2, 0.25) is 11.8 Å². The lowest BCUT2D eigenvalue weighted by Gasteiger charge is -2.22. The molecule has 3 aromatic rings. The number of carbonyl (C=O) groups excluding carboxylic acids is 2. The maximum Gasteiger partial charge on any atom is 0.412 e. The first-order chi connectivity index (χ1) is 20.7. The van der Waals surface area contributed by atoms with Crippen molar-refractivity contribution in [1.82, 2.24) is 10.2 Å². The molecule has 0 aromatic heterocycles. The average Bonchev–Trinajstić information content (AvgIpc) is 3.42. The number of benzene rings is 3. The minimum Gasteiger partial charge on any atom is -0.397 e. The van der Waals surface area contributed by atoms with Crippen LogP contribution >= 0.6 is 0 Å². The van der Waals surface area contributed by atoms with Crippen LogP contribution in [0, 0.1) is 5.92 Å². The second kappa shape index (κ2) is 13.1. The number of allylic oxidation sites excluding steroid dienone is 4. The average molecular weight is 587 g/mol. The molecule has 43 heavy (non-hydrogen) atoms. The molecule has 2 aliphatic rings. The smallest absolute Gasteiger partial charge is 0.397 e. The van der Waals surface area contributed by atoms with E-state index in [0.717, 1.165) is 22.8 Å². The van der Waals surface area contributed by atoms with E-state index in [0.29, 0.717) is 36.7 Å². The Morgan fingerprint density at radius 2 is 1.60 bits per heavy atom. The lowest BCUT2D eigenvalue weighted by atomic mass is 9.87. The summed E-state index contributed by atoms with van der Waals surface area (Å²) in [5.74, 6) is -1.01. The highest BCUT2D eigenvalue weighted by Crippen LogP contribution is 2.36. The molecule has 4 N–H and O–H groups in total. The molecule has 5 rings (SSSR count). The van der Waals surface area contributed by atoms with Crippen LogP contribution in [0.3, 0.4) is 0 Å². The summed E-state index contributed by atoms with van der Waals surface area (Å²) in [6.45, 7) is 1.86. The number of alkyl halides is 3. The molecule has 0 bridgehead atoms. The number of nitrogen functional groups attached to an aromatic ring is 1. The second-order valence-corrected chi connectivity index (χ2v) is 10.8. The normalized spacial score (nSPS) is 19.1. The van der Waals surface area contributed by atoms with Crippen molar-refractivity contribution in [3.05, 3.63) is 125 Å². The summed E-state index contributed by atoms with van der Waals surface area (Å²) < 4.78 is 39.1. The first kappa shape index (κ1) is 29.8. The molecule has 1 aliphatic carbocycles. The number of nitrogens with two attached hydrogens (primary N) is 1. The maximum absolute atomic E-state index is 13.5. The summed E-state index contributed by atoms with van der Waals surface area (Å²) in [7, 11) is 0. The van der Waals surface area contributed by atoms with Crippen LogP contribution in [0.5, 0.6) is 0 Å². The number of nitrogens with one attached hydrogen (secondary N) is 2. The van der Waals surface area contributed by atoms with Crippen molar-refractivity contribution in [2.45, 2.75) is 31.5 Å². The van der Waals surface area contributed by atoms with Gasteiger partial charge in [-0.2, -0.15) is 13.2 Å². The molecule has 0 radical (unpaired) electrons. The Hall–Kier alpha value is -4.63. The van der Waals surface area contributed by atoms with Crippen molar-refractivity contribution in [2.75, 3.05) is 24.1 Å². The fourth-order valence-electron chi connectivity index (χ4n) is 5.50. The molecule has 222 valence electrons. The molecule has 3 aromatic carbocycles. The number of carbonyl (C=O) groups is 2. The van der Waals surface area contributed by atoms with Crippen LogP contribution in [-0.2, 0) is 16.1 Å². The number of para-hydroxylation sites is 2. The van der Waals surface area contributed by atoms with Gasteiger partial charge in [-0.25, -0.2) is 0 Å². The Morgan fingerprint density at radius 1 is 0.884 bits per heavy atom. The first-order valence-electron chi connectivity index (χ1n) is 14.1. The first-order valence-corrected chi connectivity index (χ1v) is 14.1. The van der Waals surface area contributed by atoms with Gasteiger partial charge in [-0.15, -0.1) is 0 Å². The Balaban J connectivity index is 1.29. The second-order valence-electron chi connectivity index (χ2n) is 10.8.